The number of aliphatic hydroxyl groups is 2. The lowest BCUT2D eigenvalue weighted by Crippen LogP contribution is -2.47. The Morgan fingerprint density at radius 2 is 1.79 bits per heavy atom. The molecule has 0 spiro atoms. The quantitative estimate of drug-likeness (QED) is 0.390. The first-order valence-corrected chi connectivity index (χ1v) is 15.2. The summed E-state index contributed by atoms with van der Waals surface area (Å²) in [5.41, 5.74) is 1.50. The summed E-state index contributed by atoms with van der Waals surface area (Å²) in [4.78, 5) is 24.7. The molecule has 4 atom stereocenters. The number of carbonyl (C=O) groups is 1. The number of hydrogen-bond donors (Lipinski definition) is 2. The topological polar surface area (TPSA) is 88.8 Å². The van der Waals surface area contributed by atoms with Gasteiger partial charge in [0.15, 0.2) is 0 Å². The fraction of sp³-hybridized carbons (Fsp3) is 0.742. The zero-order valence-electron chi connectivity index (χ0n) is 24.1. The highest BCUT2D eigenvalue weighted by molar-refractivity contribution is 6.23. The molecule has 8 nitrogen and oxygen atoms in total. The summed E-state index contributed by atoms with van der Waals surface area (Å²) in [6.45, 7) is 10.6. The van der Waals surface area contributed by atoms with Crippen LogP contribution in [0.5, 0.6) is 0 Å². The molecule has 4 unspecified atom stereocenters. The fourth-order valence-electron chi connectivity index (χ4n) is 6.29. The van der Waals surface area contributed by atoms with E-state index in [1.54, 1.807) is 4.90 Å². The predicted molar refractivity (Wildman–Crippen MR) is 156 cm³/mol. The number of aliphatic imine (C=N–C) groups is 1. The first kappa shape index (κ1) is 30.1. The molecule has 1 amide bonds. The molecule has 3 saturated heterocycles. The molecule has 0 aromatic heterocycles. The second-order valence-corrected chi connectivity index (χ2v) is 11.8. The standard InChI is InChI=1S/C31H50N4O4/c1-3-6-29-30(32-23-39-28-11-16-33(17-12-28)14-9-24(2)36)13-18-35(31(29)38)22-27(37)21-34-15-10-25-7-4-5-8-26(19-25)20-34/h4-8,24-28,36-37H,3,9-23H2,1-2H3/b29-6+,32-30-. The van der Waals surface area contributed by atoms with Crippen LogP contribution in [0.15, 0.2) is 40.9 Å². The van der Waals surface area contributed by atoms with Crippen LogP contribution in [0.4, 0.5) is 0 Å². The molecule has 4 rings (SSSR count). The molecule has 3 aliphatic heterocycles. The Bertz CT molecular complexity index is 906. The van der Waals surface area contributed by atoms with Gasteiger partial charge in [0.1, 0.15) is 6.73 Å². The number of allylic oxidation sites excluding steroid dienone is 4. The van der Waals surface area contributed by atoms with Gasteiger partial charge in [-0.05, 0) is 63.8 Å². The van der Waals surface area contributed by atoms with Gasteiger partial charge in [0, 0.05) is 52.2 Å². The van der Waals surface area contributed by atoms with Crippen LogP contribution in [0.1, 0.15) is 58.8 Å². The first-order chi connectivity index (χ1) is 18.9. The van der Waals surface area contributed by atoms with Crippen molar-refractivity contribution in [3.8, 4) is 0 Å². The van der Waals surface area contributed by atoms with E-state index in [0.717, 1.165) is 70.5 Å². The lowest BCUT2D eigenvalue weighted by atomic mass is 9.95. The molecule has 0 radical (unpaired) electrons. The van der Waals surface area contributed by atoms with E-state index in [1.807, 2.05) is 19.9 Å². The van der Waals surface area contributed by atoms with Crippen molar-refractivity contribution >= 4 is 11.6 Å². The minimum Gasteiger partial charge on any atom is -0.393 e. The number of carbonyl (C=O) groups excluding carboxylic acids is 1. The average molecular weight is 543 g/mol. The average Bonchev–Trinajstić information content (AvgIpc) is 3.26. The molecule has 8 heteroatoms. The largest absolute Gasteiger partial charge is 0.393 e. The minimum atomic E-state index is -0.565. The van der Waals surface area contributed by atoms with Gasteiger partial charge in [0.05, 0.1) is 29.6 Å². The third-order valence-electron chi connectivity index (χ3n) is 8.51. The second kappa shape index (κ2) is 15.2. The molecule has 0 aromatic carbocycles. The minimum absolute atomic E-state index is 0.0244. The van der Waals surface area contributed by atoms with Gasteiger partial charge in [-0.1, -0.05) is 37.3 Å². The number of hydrogen-bond acceptors (Lipinski definition) is 7. The Balaban J connectivity index is 1.23. The predicted octanol–water partition coefficient (Wildman–Crippen LogP) is 3.02. The van der Waals surface area contributed by atoms with Gasteiger partial charge >= 0.3 is 0 Å². The number of ether oxygens (including phenoxy) is 1. The third-order valence-corrected chi connectivity index (χ3v) is 8.51. The van der Waals surface area contributed by atoms with Crippen LogP contribution < -0.4 is 0 Å². The number of amides is 1. The van der Waals surface area contributed by atoms with Crippen molar-refractivity contribution in [2.24, 2.45) is 16.8 Å². The van der Waals surface area contributed by atoms with Crippen LogP contribution in [0, 0.1) is 11.8 Å². The Morgan fingerprint density at radius 3 is 2.54 bits per heavy atom. The van der Waals surface area contributed by atoms with Crippen molar-refractivity contribution in [2.45, 2.75) is 77.1 Å². The van der Waals surface area contributed by atoms with Crippen molar-refractivity contribution in [3.63, 3.8) is 0 Å². The first-order valence-electron chi connectivity index (χ1n) is 15.2. The van der Waals surface area contributed by atoms with Gasteiger partial charge in [-0.2, -0.15) is 0 Å². The number of β-amino-alcohol motifs (C(OH)–C–C–N with tert-alkyl or cyclic N) is 1. The van der Waals surface area contributed by atoms with Crippen molar-refractivity contribution in [2.75, 3.05) is 59.1 Å². The zero-order valence-corrected chi connectivity index (χ0v) is 24.1. The molecule has 2 bridgehead atoms. The zero-order chi connectivity index (χ0) is 27.6. The van der Waals surface area contributed by atoms with Crippen LogP contribution in [-0.2, 0) is 9.53 Å². The van der Waals surface area contributed by atoms with Crippen LogP contribution in [0.3, 0.4) is 0 Å². The lowest BCUT2D eigenvalue weighted by Gasteiger charge is -2.33. The normalized spacial score (nSPS) is 29.1. The van der Waals surface area contributed by atoms with Crippen LogP contribution in [0.2, 0.25) is 0 Å². The number of rotatable bonds is 11. The van der Waals surface area contributed by atoms with E-state index in [-0.39, 0.29) is 24.8 Å². The number of likely N-dealkylation sites (tertiary alicyclic amines) is 3. The van der Waals surface area contributed by atoms with Gasteiger partial charge < -0.3 is 29.6 Å². The lowest BCUT2D eigenvalue weighted by molar-refractivity contribution is -0.128. The molecule has 39 heavy (non-hydrogen) atoms. The molecule has 1 aliphatic carbocycles. The number of nitrogens with zero attached hydrogens (tertiary/aromatic N) is 4. The van der Waals surface area contributed by atoms with E-state index in [2.05, 4.69) is 34.1 Å². The van der Waals surface area contributed by atoms with Crippen LogP contribution >= 0.6 is 0 Å². The van der Waals surface area contributed by atoms with Gasteiger partial charge in [-0.3, -0.25) is 9.79 Å². The van der Waals surface area contributed by atoms with Crippen molar-refractivity contribution in [1.29, 1.82) is 0 Å². The van der Waals surface area contributed by atoms with E-state index >= 15 is 0 Å². The van der Waals surface area contributed by atoms with E-state index in [0.29, 0.717) is 43.5 Å². The van der Waals surface area contributed by atoms with E-state index in [4.69, 9.17) is 9.73 Å². The highest BCUT2D eigenvalue weighted by Gasteiger charge is 2.31. The highest BCUT2D eigenvalue weighted by atomic mass is 16.5. The van der Waals surface area contributed by atoms with E-state index in [9.17, 15) is 15.0 Å². The van der Waals surface area contributed by atoms with Crippen molar-refractivity contribution in [1.82, 2.24) is 14.7 Å². The number of aliphatic hydroxyl groups excluding tert-OH is 2. The molecule has 2 N–H and O–H groups in total. The molecule has 0 aromatic rings. The maximum absolute atomic E-state index is 13.4. The van der Waals surface area contributed by atoms with Gasteiger partial charge in [-0.15, -0.1) is 0 Å². The Labute approximate surface area is 235 Å². The summed E-state index contributed by atoms with van der Waals surface area (Å²) >= 11 is 0. The Morgan fingerprint density at radius 1 is 1.05 bits per heavy atom. The van der Waals surface area contributed by atoms with Crippen LogP contribution in [0.25, 0.3) is 0 Å². The maximum Gasteiger partial charge on any atom is 0.255 e. The summed E-state index contributed by atoms with van der Waals surface area (Å²) < 4.78 is 6.07. The number of piperidine rings is 2. The van der Waals surface area contributed by atoms with Gasteiger partial charge in [0.25, 0.3) is 5.91 Å². The van der Waals surface area contributed by atoms with E-state index in [1.165, 1.54) is 6.42 Å². The SMILES string of the molecule is CC/C=C1/C(=O)N(CC(O)CN2CCC3C=CC=CC(C3)C2)CC/C1=N/COC1CCN(CCC(C)O)CC1. The van der Waals surface area contributed by atoms with Crippen molar-refractivity contribution in [3.05, 3.63) is 36.0 Å². The second-order valence-electron chi connectivity index (χ2n) is 11.8. The Kier molecular flexibility index (Phi) is 11.8. The third kappa shape index (κ3) is 9.35. The van der Waals surface area contributed by atoms with Crippen LogP contribution in [-0.4, -0.2) is 114 Å². The molecular weight excluding hydrogens is 492 g/mol. The number of fused-ring (bicyclic) bond motifs is 2. The summed E-state index contributed by atoms with van der Waals surface area (Å²) in [6, 6.07) is 0. The maximum atomic E-state index is 13.4. The van der Waals surface area contributed by atoms with Gasteiger partial charge in [-0.25, -0.2) is 0 Å². The van der Waals surface area contributed by atoms with E-state index < -0.39 is 6.10 Å². The molecular formula is C31H50N4O4. The smallest absolute Gasteiger partial charge is 0.255 e. The van der Waals surface area contributed by atoms with Crippen molar-refractivity contribution < 1.29 is 19.7 Å². The summed E-state index contributed by atoms with van der Waals surface area (Å²) in [5.74, 6) is 1.12. The summed E-state index contributed by atoms with van der Waals surface area (Å²) in [5, 5.41) is 20.5. The Hall–Kier alpha value is -1.84. The monoisotopic (exact) mass is 542 g/mol. The van der Waals surface area contributed by atoms with Gasteiger partial charge in [0.2, 0.25) is 0 Å². The summed E-state index contributed by atoms with van der Waals surface area (Å²) in [7, 11) is 0. The molecule has 3 heterocycles. The molecule has 218 valence electrons. The summed E-state index contributed by atoms with van der Waals surface area (Å²) in [6.07, 6.45) is 16.8. The molecule has 4 aliphatic rings. The molecule has 0 saturated carbocycles. The molecule has 3 fully saturated rings. The highest BCUT2D eigenvalue weighted by Crippen LogP contribution is 2.27. The fourth-order valence-corrected chi connectivity index (χ4v) is 6.29.